The number of nitrogens with zero attached hydrogens (tertiary/aromatic N) is 1. The van der Waals surface area contributed by atoms with E-state index in [-0.39, 0.29) is 12.5 Å². The molecule has 0 heterocycles. The molecule has 5 nitrogen and oxygen atoms in total. The van der Waals surface area contributed by atoms with Crippen LogP contribution < -0.4 is 10.2 Å². The van der Waals surface area contributed by atoms with Crippen LogP contribution in [0.4, 0.5) is 10.5 Å². The highest BCUT2D eigenvalue weighted by molar-refractivity contribution is 5.92. The number of hydrogen-bond acceptors (Lipinski definition) is 2. The molecule has 1 aromatic carbocycles. The smallest absolute Gasteiger partial charge is 0.322 e. The second-order valence-corrected chi connectivity index (χ2v) is 4.79. The van der Waals surface area contributed by atoms with Gasteiger partial charge in [0.2, 0.25) is 0 Å². The lowest BCUT2D eigenvalue weighted by Crippen LogP contribution is -2.45. The molecule has 0 fully saturated rings. The minimum Gasteiger partial charge on any atom is -0.481 e. The van der Waals surface area contributed by atoms with Gasteiger partial charge in [0.05, 0.1) is 6.42 Å². The first-order chi connectivity index (χ1) is 9.54. The summed E-state index contributed by atoms with van der Waals surface area (Å²) in [5.74, 6) is -0.919. The van der Waals surface area contributed by atoms with Crippen LogP contribution in [0.15, 0.2) is 30.3 Å². The first-order valence-corrected chi connectivity index (χ1v) is 6.89. The Hall–Kier alpha value is -2.04. The van der Waals surface area contributed by atoms with Crippen molar-refractivity contribution >= 4 is 17.7 Å². The van der Waals surface area contributed by atoms with Crippen LogP contribution in [0.25, 0.3) is 0 Å². The fourth-order valence-electron chi connectivity index (χ4n) is 1.87. The van der Waals surface area contributed by atoms with Crippen LogP contribution in [0.2, 0.25) is 0 Å². The highest BCUT2D eigenvalue weighted by Gasteiger charge is 2.18. The molecule has 5 heteroatoms. The molecule has 1 aromatic rings. The molecule has 2 amide bonds. The molecule has 1 unspecified atom stereocenters. The van der Waals surface area contributed by atoms with E-state index in [9.17, 15) is 9.59 Å². The Balaban J connectivity index is 2.72. The third-order valence-electron chi connectivity index (χ3n) is 2.90. The number of para-hydroxylation sites is 1. The summed E-state index contributed by atoms with van der Waals surface area (Å²) in [6.07, 6.45) is 1.80. The summed E-state index contributed by atoms with van der Waals surface area (Å²) in [5, 5.41) is 11.5. The topological polar surface area (TPSA) is 69.6 Å². The number of carbonyl (C=O) groups excluding carboxylic acids is 1. The Morgan fingerprint density at radius 2 is 1.95 bits per heavy atom. The van der Waals surface area contributed by atoms with Crippen molar-refractivity contribution in [2.75, 3.05) is 11.4 Å². The molecular weight excluding hydrogens is 256 g/mol. The van der Waals surface area contributed by atoms with Crippen molar-refractivity contribution in [3.05, 3.63) is 30.3 Å². The maximum absolute atomic E-state index is 12.3. The first kappa shape index (κ1) is 16.0. The number of benzene rings is 1. The van der Waals surface area contributed by atoms with Crippen molar-refractivity contribution in [2.24, 2.45) is 0 Å². The minimum absolute atomic E-state index is 0.0812. The van der Waals surface area contributed by atoms with Gasteiger partial charge < -0.3 is 10.4 Å². The van der Waals surface area contributed by atoms with E-state index in [1.165, 1.54) is 0 Å². The zero-order chi connectivity index (χ0) is 15.0. The summed E-state index contributed by atoms with van der Waals surface area (Å²) in [6.45, 7) is 4.37. The number of nitrogens with one attached hydrogen (secondary N) is 1. The highest BCUT2D eigenvalue weighted by atomic mass is 16.4. The van der Waals surface area contributed by atoms with Crippen LogP contribution in [0.1, 0.15) is 33.1 Å². The lowest BCUT2D eigenvalue weighted by molar-refractivity contribution is -0.137. The van der Waals surface area contributed by atoms with Gasteiger partial charge in [-0.2, -0.15) is 0 Å². The second kappa shape index (κ2) is 8.19. The van der Waals surface area contributed by atoms with Crippen LogP contribution in [-0.4, -0.2) is 29.7 Å². The molecule has 110 valence electrons. The molecule has 0 aliphatic rings. The minimum atomic E-state index is -0.919. The van der Waals surface area contributed by atoms with Crippen molar-refractivity contribution in [2.45, 2.75) is 39.2 Å². The van der Waals surface area contributed by atoms with Gasteiger partial charge in [0.1, 0.15) is 0 Å². The summed E-state index contributed by atoms with van der Waals surface area (Å²) in [5.41, 5.74) is 0.820. The van der Waals surface area contributed by atoms with Gasteiger partial charge >= 0.3 is 12.0 Å². The number of carboxylic acid groups (broad SMARTS) is 1. The van der Waals surface area contributed by atoms with Gasteiger partial charge in [-0.25, -0.2) is 4.79 Å². The molecule has 0 spiro atoms. The van der Waals surface area contributed by atoms with E-state index in [2.05, 4.69) is 12.2 Å². The number of unbranched alkanes of at least 4 members (excludes halogenated alkanes) is 1. The van der Waals surface area contributed by atoms with Gasteiger partial charge in [-0.3, -0.25) is 9.69 Å². The van der Waals surface area contributed by atoms with Crippen molar-refractivity contribution in [3.8, 4) is 0 Å². The number of aliphatic carboxylic acids is 1. The summed E-state index contributed by atoms with van der Waals surface area (Å²) in [6, 6.07) is 8.75. The predicted octanol–water partition coefficient (Wildman–Crippen LogP) is 2.87. The van der Waals surface area contributed by atoms with Crippen molar-refractivity contribution in [3.63, 3.8) is 0 Å². The Morgan fingerprint density at radius 1 is 1.30 bits per heavy atom. The number of urea groups is 1. The Morgan fingerprint density at radius 3 is 2.50 bits per heavy atom. The molecule has 1 atom stereocenters. The molecule has 0 aromatic heterocycles. The average Bonchev–Trinajstić information content (AvgIpc) is 2.39. The normalized spacial score (nSPS) is 11.7. The van der Waals surface area contributed by atoms with E-state index in [0.717, 1.165) is 18.5 Å². The van der Waals surface area contributed by atoms with Gasteiger partial charge in [0.25, 0.3) is 0 Å². The molecule has 2 N–H and O–H groups in total. The predicted molar refractivity (Wildman–Crippen MR) is 78.9 cm³/mol. The average molecular weight is 278 g/mol. The number of carboxylic acids is 1. The molecule has 20 heavy (non-hydrogen) atoms. The third kappa shape index (κ3) is 5.30. The maximum Gasteiger partial charge on any atom is 0.322 e. The number of carbonyl (C=O) groups is 2. The van der Waals surface area contributed by atoms with E-state index in [0.29, 0.717) is 6.54 Å². The Bertz CT molecular complexity index is 434. The van der Waals surface area contributed by atoms with Crippen LogP contribution in [0.3, 0.4) is 0 Å². The molecule has 0 saturated heterocycles. The van der Waals surface area contributed by atoms with Crippen molar-refractivity contribution < 1.29 is 14.7 Å². The Kier molecular flexibility index (Phi) is 6.56. The SMILES string of the molecule is CCCCN(C(=O)NC(C)CC(=O)O)c1ccccc1. The lowest BCUT2D eigenvalue weighted by Gasteiger charge is -2.25. The largest absolute Gasteiger partial charge is 0.481 e. The number of hydrogen-bond donors (Lipinski definition) is 2. The zero-order valence-corrected chi connectivity index (χ0v) is 12.0. The quantitative estimate of drug-likeness (QED) is 0.805. The Labute approximate surface area is 119 Å². The maximum atomic E-state index is 12.3. The molecule has 0 radical (unpaired) electrons. The number of rotatable bonds is 7. The highest BCUT2D eigenvalue weighted by Crippen LogP contribution is 2.14. The van der Waals surface area contributed by atoms with E-state index in [1.807, 2.05) is 30.3 Å². The molecule has 0 aliphatic carbocycles. The number of anilines is 1. The van der Waals surface area contributed by atoms with Gasteiger partial charge in [0, 0.05) is 18.3 Å². The fourth-order valence-corrected chi connectivity index (χ4v) is 1.87. The molecule has 0 saturated carbocycles. The standard InChI is InChI=1S/C15H22N2O3/c1-3-4-10-17(13-8-6-5-7-9-13)15(20)16-12(2)11-14(18)19/h5-9,12H,3-4,10-11H2,1-2H3,(H,16,20)(H,18,19). The summed E-state index contributed by atoms with van der Waals surface area (Å²) in [4.78, 5) is 24.6. The molecule has 0 bridgehead atoms. The van der Waals surface area contributed by atoms with Crippen LogP contribution in [0.5, 0.6) is 0 Å². The van der Waals surface area contributed by atoms with Gasteiger partial charge in [-0.05, 0) is 25.5 Å². The van der Waals surface area contributed by atoms with E-state index in [1.54, 1.807) is 11.8 Å². The monoisotopic (exact) mass is 278 g/mol. The second-order valence-electron chi connectivity index (χ2n) is 4.79. The summed E-state index contributed by atoms with van der Waals surface area (Å²) >= 11 is 0. The molecule has 0 aliphatic heterocycles. The van der Waals surface area contributed by atoms with E-state index < -0.39 is 12.0 Å². The lowest BCUT2D eigenvalue weighted by atomic mass is 10.2. The van der Waals surface area contributed by atoms with Crippen LogP contribution in [0, 0.1) is 0 Å². The van der Waals surface area contributed by atoms with Crippen LogP contribution >= 0.6 is 0 Å². The third-order valence-corrected chi connectivity index (χ3v) is 2.90. The van der Waals surface area contributed by atoms with Crippen LogP contribution in [-0.2, 0) is 4.79 Å². The van der Waals surface area contributed by atoms with E-state index >= 15 is 0 Å². The van der Waals surface area contributed by atoms with Gasteiger partial charge in [0.15, 0.2) is 0 Å². The van der Waals surface area contributed by atoms with Crippen molar-refractivity contribution in [1.29, 1.82) is 0 Å². The van der Waals surface area contributed by atoms with Gasteiger partial charge in [-0.1, -0.05) is 31.5 Å². The molecule has 1 rings (SSSR count). The summed E-state index contributed by atoms with van der Waals surface area (Å²) < 4.78 is 0. The van der Waals surface area contributed by atoms with Gasteiger partial charge in [-0.15, -0.1) is 0 Å². The zero-order valence-electron chi connectivity index (χ0n) is 12.0. The fraction of sp³-hybridized carbons (Fsp3) is 0.467. The van der Waals surface area contributed by atoms with Crippen molar-refractivity contribution in [1.82, 2.24) is 5.32 Å². The van der Waals surface area contributed by atoms with E-state index in [4.69, 9.17) is 5.11 Å². The summed E-state index contributed by atoms with van der Waals surface area (Å²) in [7, 11) is 0. The first-order valence-electron chi connectivity index (χ1n) is 6.89. The number of amides is 2. The molecular formula is C15H22N2O3.